The monoisotopic (exact) mass is 326 g/mol. The average Bonchev–Trinajstić information content (AvgIpc) is 2.18. The third-order valence-corrected chi connectivity index (χ3v) is 4.24. The Hall–Kier alpha value is -0.840. The van der Waals surface area contributed by atoms with Crippen molar-refractivity contribution in [2.45, 2.75) is 53.0 Å². The van der Waals surface area contributed by atoms with Crippen LogP contribution >= 0.6 is 15.9 Å². The van der Waals surface area contributed by atoms with Crippen LogP contribution in [0.5, 0.6) is 0 Å². The van der Waals surface area contributed by atoms with Gasteiger partial charge in [0.05, 0.1) is 4.47 Å². The van der Waals surface area contributed by atoms with E-state index in [1.165, 1.54) is 6.42 Å². The van der Waals surface area contributed by atoms with Crippen LogP contribution in [0.2, 0.25) is 0 Å². The minimum Gasteiger partial charge on any atom is -0.368 e. The molecule has 1 heterocycles. The Bertz CT molecular complexity index is 455. The van der Waals surface area contributed by atoms with E-state index in [2.05, 4.69) is 58.9 Å². The molecule has 2 rings (SSSR count). The fourth-order valence-corrected chi connectivity index (χ4v) is 3.93. The second-order valence-electron chi connectivity index (χ2n) is 7.18. The number of nitrogens with one attached hydrogen (secondary N) is 1. The van der Waals surface area contributed by atoms with Gasteiger partial charge in [-0.05, 0) is 46.0 Å². The van der Waals surface area contributed by atoms with Crippen molar-refractivity contribution in [2.24, 2.45) is 10.8 Å². The third-order valence-electron chi connectivity index (χ3n) is 3.66. The van der Waals surface area contributed by atoms with E-state index >= 15 is 0 Å². The van der Waals surface area contributed by atoms with Gasteiger partial charge in [0, 0.05) is 12.2 Å². The predicted octanol–water partition coefficient (Wildman–Crippen LogP) is 3.84. The lowest BCUT2D eigenvalue weighted by Gasteiger charge is -2.45. The largest absolute Gasteiger partial charge is 0.368 e. The van der Waals surface area contributed by atoms with Gasteiger partial charge in [-0.2, -0.15) is 4.98 Å². The summed E-state index contributed by atoms with van der Waals surface area (Å²) in [6.07, 6.45) is 5.24. The quantitative estimate of drug-likeness (QED) is 0.866. The Morgan fingerprint density at radius 2 is 1.84 bits per heavy atom. The number of nitrogens with two attached hydrogens (primary N) is 1. The number of nitrogen functional groups attached to an aromatic ring is 1. The molecule has 3 N–H and O–H groups in total. The van der Waals surface area contributed by atoms with Gasteiger partial charge in [-0.1, -0.05) is 27.7 Å². The zero-order chi connectivity index (χ0) is 14.3. The number of aromatic nitrogens is 2. The lowest BCUT2D eigenvalue weighted by molar-refractivity contribution is 0.105. The molecule has 1 aromatic rings. The van der Waals surface area contributed by atoms with Gasteiger partial charge in [0.15, 0.2) is 0 Å². The summed E-state index contributed by atoms with van der Waals surface area (Å²) in [6.45, 7) is 9.36. The van der Waals surface area contributed by atoms with E-state index in [9.17, 15) is 0 Å². The molecule has 0 amide bonds. The zero-order valence-electron chi connectivity index (χ0n) is 12.1. The van der Waals surface area contributed by atoms with Crippen LogP contribution in [0.15, 0.2) is 10.7 Å². The third kappa shape index (κ3) is 3.81. The van der Waals surface area contributed by atoms with Crippen LogP contribution < -0.4 is 11.1 Å². The highest BCUT2D eigenvalue weighted by Gasteiger charge is 2.38. The van der Waals surface area contributed by atoms with E-state index < -0.39 is 0 Å². The highest BCUT2D eigenvalue weighted by molar-refractivity contribution is 9.10. The van der Waals surface area contributed by atoms with Crippen molar-refractivity contribution >= 4 is 27.7 Å². The molecule has 19 heavy (non-hydrogen) atoms. The molecule has 106 valence electrons. The average molecular weight is 327 g/mol. The maximum Gasteiger partial charge on any atom is 0.221 e. The molecule has 0 radical (unpaired) electrons. The molecular weight excluding hydrogens is 304 g/mol. The molecule has 1 fully saturated rings. The normalized spacial score (nSPS) is 22.2. The molecule has 0 saturated heterocycles. The Morgan fingerprint density at radius 1 is 1.26 bits per heavy atom. The molecular formula is C14H23BrN4. The lowest BCUT2D eigenvalue weighted by atomic mass is 9.63. The molecule has 4 nitrogen and oxygen atoms in total. The minimum atomic E-state index is 0.306. The van der Waals surface area contributed by atoms with Crippen LogP contribution in [0.25, 0.3) is 0 Å². The second kappa shape index (κ2) is 4.93. The van der Waals surface area contributed by atoms with Gasteiger partial charge in [-0.25, -0.2) is 4.98 Å². The van der Waals surface area contributed by atoms with Gasteiger partial charge in [0.25, 0.3) is 0 Å². The molecule has 0 aromatic carbocycles. The van der Waals surface area contributed by atoms with Crippen LogP contribution in [-0.4, -0.2) is 16.0 Å². The number of hydrogen-bond donors (Lipinski definition) is 2. The molecule has 1 saturated carbocycles. The summed E-state index contributed by atoms with van der Waals surface area (Å²) in [5, 5.41) is 3.52. The highest BCUT2D eigenvalue weighted by atomic mass is 79.9. The number of anilines is 2. The molecule has 0 atom stereocenters. The fourth-order valence-electron chi connectivity index (χ4n) is 3.62. The summed E-state index contributed by atoms with van der Waals surface area (Å²) >= 11 is 3.47. The van der Waals surface area contributed by atoms with E-state index in [0.29, 0.717) is 22.8 Å². The van der Waals surface area contributed by atoms with Crippen LogP contribution in [-0.2, 0) is 0 Å². The summed E-state index contributed by atoms with van der Waals surface area (Å²) < 4.78 is 0.864. The Morgan fingerprint density at radius 3 is 2.42 bits per heavy atom. The van der Waals surface area contributed by atoms with Gasteiger partial charge in [0.2, 0.25) is 5.95 Å². The standard InChI is InChI=1S/C14H23BrN4/c1-13(2)5-9(6-14(3,4)8-13)18-11-10(15)7-17-12(16)19-11/h7,9H,5-6,8H2,1-4H3,(H3,16,17,18,19). The van der Waals surface area contributed by atoms with Crippen molar-refractivity contribution in [3.05, 3.63) is 10.7 Å². The molecule has 1 aliphatic carbocycles. The molecule has 5 heteroatoms. The van der Waals surface area contributed by atoms with E-state index in [4.69, 9.17) is 5.73 Å². The van der Waals surface area contributed by atoms with Crippen molar-refractivity contribution in [2.75, 3.05) is 11.1 Å². The molecule has 0 bridgehead atoms. The van der Waals surface area contributed by atoms with Gasteiger partial charge in [-0.15, -0.1) is 0 Å². The maximum absolute atomic E-state index is 5.66. The molecule has 0 unspecified atom stereocenters. The Labute approximate surface area is 123 Å². The second-order valence-corrected chi connectivity index (χ2v) is 8.03. The zero-order valence-corrected chi connectivity index (χ0v) is 13.7. The van der Waals surface area contributed by atoms with Crippen molar-refractivity contribution in [3.63, 3.8) is 0 Å². The van der Waals surface area contributed by atoms with Crippen LogP contribution in [0.4, 0.5) is 11.8 Å². The van der Waals surface area contributed by atoms with E-state index in [1.807, 2.05) is 0 Å². The number of hydrogen-bond acceptors (Lipinski definition) is 4. The van der Waals surface area contributed by atoms with Crippen molar-refractivity contribution in [1.82, 2.24) is 9.97 Å². The first-order valence-electron chi connectivity index (χ1n) is 6.71. The summed E-state index contributed by atoms with van der Waals surface area (Å²) in [5.74, 6) is 1.10. The summed E-state index contributed by atoms with van der Waals surface area (Å²) in [7, 11) is 0. The number of halogens is 1. The molecule has 1 aliphatic rings. The van der Waals surface area contributed by atoms with Gasteiger partial charge >= 0.3 is 0 Å². The Kier molecular flexibility index (Phi) is 3.78. The van der Waals surface area contributed by atoms with Gasteiger partial charge < -0.3 is 11.1 Å². The summed E-state index contributed by atoms with van der Waals surface area (Å²) in [6, 6.07) is 0.421. The molecule has 0 spiro atoms. The van der Waals surface area contributed by atoms with E-state index in [1.54, 1.807) is 6.20 Å². The smallest absolute Gasteiger partial charge is 0.221 e. The molecule has 1 aromatic heterocycles. The Balaban J connectivity index is 2.16. The van der Waals surface area contributed by atoms with Crippen LogP contribution in [0.3, 0.4) is 0 Å². The van der Waals surface area contributed by atoms with Crippen LogP contribution in [0, 0.1) is 10.8 Å². The summed E-state index contributed by atoms with van der Waals surface area (Å²) in [5.41, 5.74) is 6.36. The van der Waals surface area contributed by atoms with Crippen molar-refractivity contribution in [1.29, 1.82) is 0 Å². The van der Waals surface area contributed by atoms with E-state index in [-0.39, 0.29) is 0 Å². The first-order valence-corrected chi connectivity index (χ1v) is 7.51. The fraction of sp³-hybridized carbons (Fsp3) is 0.714. The minimum absolute atomic E-state index is 0.306. The SMILES string of the molecule is CC1(C)CC(Nc2nc(N)ncc2Br)CC(C)(C)C1. The van der Waals surface area contributed by atoms with Crippen LogP contribution in [0.1, 0.15) is 47.0 Å². The topological polar surface area (TPSA) is 63.8 Å². The van der Waals surface area contributed by atoms with E-state index in [0.717, 1.165) is 23.1 Å². The van der Waals surface area contributed by atoms with Crippen molar-refractivity contribution < 1.29 is 0 Å². The first kappa shape index (κ1) is 14.6. The number of nitrogens with zero attached hydrogens (tertiary/aromatic N) is 2. The van der Waals surface area contributed by atoms with Crippen molar-refractivity contribution in [3.8, 4) is 0 Å². The highest BCUT2D eigenvalue weighted by Crippen LogP contribution is 2.46. The molecule has 0 aliphatic heterocycles. The first-order chi connectivity index (χ1) is 8.67. The number of rotatable bonds is 2. The lowest BCUT2D eigenvalue weighted by Crippen LogP contribution is -2.40. The predicted molar refractivity (Wildman–Crippen MR) is 83.0 cm³/mol. The van der Waals surface area contributed by atoms with Gasteiger partial charge in [-0.3, -0.25) is 0 Å². The maximum atomic E-state index is 5.66. The summed E-state index contributed by atoms with van der Waals surface area (Å²) in [4.78, 5) is 8.24. The van der Waals surface area contributed by atoms with Gasteiger partial charge in [0.1, 0.15) is 5.82 Å².